The molecule has 0 saturated heterocycles. The van der Waals surface area contributed by atoms with Crippen LogP contribution in [0.3, 0.4) is 0 Å². The zero-order chi connectivity index (χ0) is 15.1. The minimum atomic E-state index is 0.695. The molecule has 2 atom stereocenters. The molecule has 1 rings (SSSR count). The first kappa shape index (κ1) is 18.0. The van der Waals surface area contributed by atoms with Crippen molar-refractivity contribution in [1.82, 2.24) is 10.2 Å². The highest BCUT2D eigenvalue weighted by molar-refractivity contribution is 4.84. The molecule has 1 aliphatic rings. The smallest absolute Gasteiger partial charge is 0.0108 e. The second-order valence-electron chi connectivity index (χ2n) is 7.80. The Morgan fingerprint density at radius 1 is 0.900 bits per heavy atom. The zero-order valence-corrected chi connectivity index (χ0v) is 14.8. The van der Waals surface area contributed by atoms with Gasteiger partial charge >= 0.3 is 0 Å². The van der Waals surface area contributed by atoms with Gasteiger partial charge in [-0.3, -0.25) is 4.90 Å². The molecule has 1 aliphatic carbocycles. The highest BCUT2D eigenvalue weighted by Crippen LogP contribution is 2.27. The van der Waals surface area contributed by atoms with Gasteiger partial charge in [-0.25, -0.2) is 0 Å². The third kappa shape index (κ3) is 6.13. The number of nitrogens with zero attached hydrogens (tertiary/aromatic N) is 1. The van der Waals surface area contributed by atoms with E-state index in [2.05, 4.69) is 51.8 Å². The summed E-state index contributed by atoms with van der Waals surface area (Å²) in [5.74, 6) is 2.25. The maximum Gasteiger partial charge on any atom is 0.0108 e. The van der Waals surface area contributed by atoms with E-state index in [-0.39, 0.29) is 0 Å². The van der Waals surface area contributed by atoms with E-state index in [0.717, 1.165) is 36.9 Å². The van der Waals surface area contributed by atoms with Crippen LogP contribution in [0.5, 0.6) is 0 Å². The fourth-order valence-electron chi connectivity index (χ4n) is 3.40. The van der Waals surface area contributed by atoms with Crippen molar-refractivity contribution in [2.24, 2.45) is 17.8 Å². The fourth-order valence-corrected chi connectivity index (χ4v) is 3.40. The van der Waals surface area contributed by atoms with Gasteiger partial charge in [0.25, 0.3) is 0 Å². The summed E-state index contributed by atoms with van der Waals surface area (Å²) in [4.78, 5) is 2.82. The number of hydrogen-bond acceptors (Lipinski definition) is 2. The predicted molar refractivity (Wildman–Crippen MR) is 90.1 cm³/mol. The van der Waals surface area contributed by atoms with Crippen LogP contribution in [-0.2, 0) is 0 Å². The van der Waals surface area contributed by atoms with E-state index < -0.39 is 0 Å². The van der Waals surface area contributed by atoms with Crippen molar-refractivity contribution < 1.29 is 0 Å². The highest BCUT2D eigenvalue weighted by atomic mass is 15.2. The summed E-state index contributed by atoms with van der Waals surface area (Å²) in [5, 5.41) is 3.64. The monoisotopic (exact) mass is 282 g/mol. The van der Waals surface area contributed by atoms with Crippen molar-refractivity contribution in [2.45, 2.75) is 79.3 Å². The van der Waals surface area contributed by atoms with E-state index in [1.807, 2.05) is 0 Å². The van der Waals surface area contributed by atoms with Gasteiger partial charge in [-0.2, -0.15) is 0 Å². The molecule has 1 saturated carbocycles. The van der Waals surface area contributed by atoms with E-state index in [0.29, 0.717) is 6.04 Å². The van der Waals surface area contributed by atoms with E-state index in [1.54, 1.807) is 0 Å². The molecule has 0 aliphatic heterocycles. The number of rotatable bonds is 9. The average molecular weight is 283 g/mol. The Balaban J connectivity index is 2.50. The van der Waals surface area contributed by atoms with Crippen LogP contribution in [0.2, 0.25) is 0 Å². The largest absolute Gasteiger partial charge is 0.316 e. The van der Waals surface area contributed by atoms with Crippen LogP contribution in [0, 0.1) is 17.8 Å². The molecule has 0 aromatic rings. The van der Waals surface area contributed by atoms with Gasteiger partial charge in [0.15, 0.2) is 0 Å². The Labute approximate surface area is 127 Å². The van der Waals surface area contributed by atoms with Gasteiger partial charge in [0.05, 0.1) is 0 Å². The van der Waals surface area contributed by atoms with Crippen LogP contribution in [0.15, 0.2) is 0 Å². The molecule has 0 radical (unpaired) electrons. The van der Waals surface area contributed by atoms with Crippen LogP contribution in [0.1, 0.15) is 67.2 Å². The summed E-state index contributed by atoms with van der Waals surface area (Å²) in [6.45, 7) is 17.7. The maximum absolute atomic E-state index is 3.64. The first-order valence-corrected chi connectivity index (χ1v) is 8.88. The lowest BCUT2D eigenvalue weighted by Gasteiger charge is -2.39. The van der Waals surface area contributed by atoms with Crippen LogP contribution in [0.4, 0.5) is 0 Å². The normalized spacial score (nSPS) is 20.2. The quantitative estimate of drug-likeness (QED) is 0.683. The lowest BCUT2D eigenvalue weighted by atomic mass is 9.97. The molecule has 20 heavy (non-hydrogen) atoms. The minimum Gasteiger partial charge on any atom is -0.316 e. The molecule has 0 bridgehead atoms. The van der Waals surface area contributed by atoms with Gasteiger partial charge in [0.1, 0.15) is 0 Å². The summed E-state index contributed by atoms with van der Waals surface area (Å²) in [6, 6.07) is 1.54. The Bertz CT molecular complexity index is 244. The van der Waals surface area contributed by atoms with Crippen molar-refractivity contribution in [1.29, 1.82) is 0 Å². The standard InChI is InChI=1S/C18H38N2/c1-14(2)11-19-12-16(5)17(6)20(13-15(3)4)18-9-7-8-10-18/h14-19H,7-13H2,1-6H3. The Morgan fingerprint density at radius 2 is 1.50 bits per heavy atom. The van der Waals surface area contributed by atoms with Crippen LogP contribution < -0.4 is 5.32 Å². The molecule has 0 aromatic heterocycles. The van der Waals surface area contributed by atoms with Gasteiger partial charge in [0.2, 0.25) is 0 Å². The van der Waals surface area contributed by atoms with Gasteiger partial charge in [0, 0.05) is 18.6 Å². The molecule has 0 spiro atoms. The molecule has 1 N–H and O–H groups in total. The zero-order valence-electron chi connectivity index (χ0n) is 14.8. The maximum atomic E-state index is 3.64. The van der Waals surface area contributed by atoms with Crippen LogP contribution in [-0.4, -0.2) is 36.6 Å². The van der Waals surface area contributed by atoms with Crippen LogP contribution in [0.25, 0.3) is 0 Å². The molecule has 120 valence electrons. The van der Waals surface area contributed by atoms with Crippen LogP contribution >= 0.6 is 0 Å². The molecule has 2 heteroatoms. The molecule has 2 unspecified atom stereocenters. The third-order valence-corrected chi connectivity index (χ3v) is 4.74. The van der Waals surface area contributed by atoms with Crippen molar-refractivity contribution in [2.75, 3.05) is 19.6 Å². The Morgan fingerprint density at radius 3 is 2.00 bits per heavy atom. The minimum absolute atomic E-state index is 0.695. The van der Waals surface area contributed by atoms with E-state index in [4.69, 9.17) is 0 Å². The fraction of sp³-hybridized carbons (Fsp3) is 1.00. The summed E-state index contributed by atoms with van der Waals surface area (Å²) < 4.78 is 0. The molecule has 1 fully saturated rings. The molecule has 0 aromatic carbocycles. The predicted octanol–water partition coefficient (Wildman–Crippen LogP) is 4.16. The average Bonchev–Trinajstić information content (AvgIpc) is 2.87. The first-order valence-electron chi connectivity index (χ1n) is 8.88. The topological polar surface area (TPSA) is 15.3 Å². The Kier molecular flexibility index (Phi) is 8.13. The van der Waals surface area contributed by atoms with Crippen molar-refractivity contribution in [3.63, 3.8) is 0 Å². The van der Waals surface area contributed by atoms with Crippen molar-refractivity contribution >= 4 is 0 Å². The van der Waals surface area contributed by atoms with Crippen molar-refractivity contribution in [3.05, 3.63) is 0 Å². The molecule has 0 amide bonds. The Hall–Kier alpha value is -0.0800. The molecule has 0 heterocycles. The van der Waals surface area contributed by atoms with E-state index >= 15 is 0 Å². The summed E-state index contributed by atoms with van der Waals surface area (Å²) in [5.41, 5.74) is 0. The molecule has 2 nitrogen and oxygen atoms in total. The van der Waals surface area contributed by atoms with Gasteiger partial charge < -0.3 is 5.32 Å². The lowest BCUT2D eigenvalue weighted by Crippen LogP contribution is -2.47. The lowest BCUT2D eigenvalue weighted by molar-refractivity contribution is 0.0939. The van der Waals surface area contributed by atoms with Gasteiger partial charge in [-0.15, -0.1) is 0 Å². The highest BCUT2D eigenvalue weighted by Gasteiger charge is 2.29. The second kappa shape index (κ2) is 9.04. The summed E-state index contributed by atoms with van der Waals surface area (Å²) in [6.07, 6.45) is 5.71. The number of nitrogens with one attached hydrogen (secondary N) is 1. The van der Waals surface area contributed by atoms with Gasteiger partial charge in [-0.1, -0.05) is 47.5 Å². The first-order chi connectivity index (χ1) is 9.41. The third-order valence-electron chi connectivity index (χ3n) is 4.74. The summed E-state index contributed by atoms with van der Waals surface area (Å²) >= 11 is 0. The summed E-state index contributed by atoms with van der Waals surface area (Å²) in [7, 11) is 0. The molecular formula is C18H38N2. The van der Waals surface area contributed by atoms with Gasteiger partial charge in [-0.05, 0) is 50.6 Å². The van der Waals surface area contributed by atoms with E-state index in [1.165, 1.54) is 32.2 Å². The second-order valence-corrected chi connectivity index (χ2v) is 7.80. The van der Waals surface area contributed by atoms with Crippen molar-refractivity contribution in [3.8, 4) is 0 Å². The number of hydrogen-bond donors (Lipinski definition) is 1. The SMILES string of the molecule is CC(C)CNCC(C)C(C)N(CC(C)C)C1CCCC1. The molecular weight excluding hydrogens is 244 g/mol. The van der Waals surface area contributed by atoms with E-state index in [9.17, 15) is 0 Å².